The van der Waals surface area contributed by atoms with Crippen LogP contribution in [0.1, 0.15) is 23.0 Å². The second-order valence-corrected chi connectivity index (χ2v) is 5.31. The molecule has 1 amide bonds. The summed E-state index contributed by atoms with van der Waals surface area (Å²) >= 11 is 0. The smallest absolute Gasteiger partial charge is 0.259 e. The van der Waals surface area contributed by atoms with Gasteiger partial charge in [0.05, 0.1) is 0 Å². The molecule has 0 spiro atoms. The Hall–Kier alpha value is -1.66. The molecule has 1 unspecified atom stereocenters. The van der Waals surface area contributed by atoms with Crippen LogP contribution in [0.4, 0.5) is 0 Å². The summed E-state index contributed by atoms with van der Waals surface area (Å²) in [5.74, 6) is -0.189. The normalized spacial score (nSPS) is 18.1. The summed E-state index contributed by atoms with van der Waals surface area (Å²) in [6.45, 7) is 7.37. The number of nitrogens with two attached hydrogens (primary N) is 1. The zero-order valence-electron chi connectivity index (χ0n) is 12.1. The van der Waals surface area contributed by atoms with Gasteiger partial charge in [0.2, 0.25) is 0 Å². The molecule has 110 valence electrons. The summed E-state index contributed by atoms with van der Waals surface area (Å²) in [4.78, 5) is 31.1. The van der Waals surface area contributed by atoms with Crippen LogP contribution in [0.2, 0.25) is 0 Å². The van der Waals surface area contributed by atoms with Gasteiger partial charge >= 0.3 is 0 Å². The number of carbonyl (C=O) groups excluding carboxylic acids is 1. The zero-order chi connectivity index (χ0) is 14.7. The topological polar surface area (TPSA) is 82.4 Å². The Balaban J connectivity index is 2.03. The van der Waals surface area contributed by atoms with Gasteiger partial charge in [-0.15, -0.1) is 0 Å². The Morgan fingerprint density at radius 3 is 2.60 bits per heavy atom. The molecule has 1 fully saturated rings. The fraction of sp³-hybridized carbons (Fsp3) is 0.571. The number of carbonyl (C=O) groups is 1. The number of H-pyrrole nitrogens is 1. The van der Waals surface area contributed by atoms with Crippen molar-refractivity contribution in [3.8, 4) is 0 Å². The van der Waals surface area contributed by atoms with Gasteiger partial charge in [-0.3, -0.25) is 14.5 Å². The lowest BCUT2D eigenvalue weighted by Gasteiger charge is -2.37. The average Bonchev–Trinajstić information content (AvgIpc) is 2.46. The average molecular weight is 278 g/mol. The van der Waals surface area contributed by atoms with E-state index in [1.165, 1.54) is 12.3 Å². The molecule has 6 heteroatoms. The third-order valence-corrected chi connectivity index (χ3v) is 3.85. The molecule has 0 aliphatic carbocycles. The summed E-state index contributed by atoms with van der Waals surface area (Å²) in [5, 5.41) is 0. The molecule has 2 rings (SSSR count). The van der Waals surface area contributed by atoms with Gasteiger partial charge in [-0.05, 0) is 13.8 Å². The van der Waals surface area contributed by atoms with Gasteiger partial charge in [0.1, 0.15) is 5.56 Å². The predicted molar refractivity (Wildman–Crippen MR) is 77.8 cm³/mol. The van der Waals surface area contributed by atoms with Crippen LogP contribution in [0.25, 0.3) is 0 Å². The SMILES string of the molecule is Cc1cc(=O)c(C(=O)N2CCN(C(C)CN)CC2)c[nH]1. The second kappa shape index (κ2) is 6.19. The van der Waals surface area contributed by atoms with Crippen LogP contribution in [-0.2, 0) is 0 Å². The van der Waals surface area contributed by atoms with Gasteiger partial charge in [0, 0.05) is 56.7 Å². The molecule has 1 aromatic rings. The van der Waals surface area contributed by atoms with Gasteiger partial charge in [0.15, 0.2) is 5.43 Å². The summed E-state index contributed by atoms with van der Waals surface area (Å²) in [6.07, 6.45) is 1.51. The summed E-state index contributed by atoms with van der Waals surface area (Å²) < 4.78 is 0. The van der Waals surface area contributed by atoms with Crippen LogP contribution >= 0.6 is 0 Å². The number of nitrogens with zero attached hydrogens (tertiary/aromatic N) is 2. The number of amides is 1. The number of piperazine rings is 1. The fourth-order valence-corrected chi connectivity index (χ4v) is 2.43. The third kappa shape index (κ3) is 3.08. The van der Waals surface area contributed by atoms with E-state index in [4.69, 9.17) is 5.73 Å². The maximum absolute atomic E-state index is 12.3. The molecule has 0 aromatic carbocycles. The van der Waals surface area contributed by atoms with Crippen molar-refractivity contribution in [2.24, 2.45) is 5.73 Å². The first-order valence-corrected chi connectivity index (χ1v) is 6.95. The number of aromatic amines is 1. The number of aryl methyl sites for hydroxylation is 1. The molecule has 1 aliphatic heterocycles. The van der Waals surface area contributed by atoms with Crippen LogP contribution in [0.3, 0.4) is 0 Å². The van der Waals surface area contributed by atoms with Gasteiger partial charge in [-0.1, -0.05) is 0 Å². The van der Waals surface area contributed by atoms with E-state index in [2.05, 4.69) is 16.8 Å². The lowest BCUT2D eigenvalue weighted by Crippen LogP contribution is -2.53. The second-order valence-electron chi connectivity index (χ2n) is 5.31. The highest BCUT2D eigenvalue weighted by atomic mass is 16.2. The number of rotatable bonds is 3. The molecular weight excluding hydrogens is 256 g/mol. The Morgan fingerprint density at radius 1 is 1.40 bits per heavy atom. The van der Waals surface area contributed by atoms with Crippen LogP contribution < -0.4 is 11.2 Å². The Kier molecular flexibility index (Phi) is 4.57. The maximum Gasteiger partial charge on any atom is 0.259 e. The van der Waals surface area contributed by atoms with Crippen molar-refractivity contribution in [3.63, 3.8) is 0 Å². The molecular formula is C14H22N4O2. The molecule has 0 radical (unpaired) electrons. The first kappa shape index (κ1) is 14.7. The van der Waals surface area contributed by atoms with Gasteiger partial charge < -0.3 is 15.6 Å². The summed E-state index contributed by atoms with van der Waals surface area (Å²) in [7, 11) is 0. The van der Waals surface area contributed by atoms with Crippen molar-refractivity contribution in [3.05, 3.63) is 33.7 Å². The van der Waals surface area contributed by atoms with E-state index in [9.17, 15) is 9.59 Å². The van der Waals surface area contributed by atoms with Gasteiger partial charge in [-0.25, -0.2) is 0 Å². The van der Waals surface area contributed by atoms with E-state index in [1.807, 2.05) is 0 Å². The number of aromatic nitrogens is 1. The predicted octanol–water partition coefficient (Wildman–Crippen LogP) is -0.212. The van der Waals surface area contributed by atoms with E-state index in [-0.39, 0.29) is 16.9 Å². The van der Waals surface area contributed by atoms with E-state index in [0.717, 1.165) is 18.8 Å². The highest BCUT2D eigenvalue weighted by Gasteiger charge is 2.25. The third-order valence-electron chi connectivity index (χ3n) is 3.85. The molecule has 1 saturated heterocycles. The zero-order valence-corrected chi connectivity index (χ0v) is 12.1. The number of hydrogen-bond donors (Lipinski definition) is 2. The Morgan fingerprint density at radius 2 is 2.05 bits per heavy atom. The molecule has 0 saturated carbocycles. The number of pyridine rings is 1. The molecule has 0 bridgehead atoms. The minimum Gasteiger partial charge on any atom is -0.364 e. The van der Waals surface area contributed by atoms with Crippen LogP contribution in [0.15, 0.2) is 17.1 Å². The molecule has 1 aliphatic rings. The molecule has 2 heterocycles. The quantitative estimate of drug-likeness (QED) is 0.801. The highest BCUT2D eigenvalue weighted by Crippen LogP contribution is 2.08. The standard InChI is InChI=1S/C14H22N4O2/c1-10-7-13(19)12(9-16-10)14(20)18-5-3-17(4-6-18)11(2)8-15/h7,9,11H,3-6,8,15H2,1-2H3,(H,16,19). The lowest BCUT2D eigenvalue weighted by molar-refractivity contribution is 0.0587. The highest BCUT2D eigenvalue weighted by molar-refractivity contribution is 5.93. The largest absolute Gasteiger partial charge is 0.364 e. The monoisotopic (exact) mass is 278 g/mol. The van der Waals surface area contributed by atoms with E-state index in [1.54, 1.807) is 11.8 Å². The van der Waals surface area contributed by atoms with Crippen molar-refractivity contribution in [1.82, 2.24) is 14.8 Å². The maximum atomic E-state index is 12.3. The van der Waals surface area contributed by atoms with E-state index >= 15 is 0 Å². The lowest BCUT2D eigenvalue weighted by atomic mass is 10.2. The van der Waals surface area contributed by atoms with Crippen molar-refractivity contribution in [2.75, 3.05) is 32.7 Å². The molecule has 6 nitrogen and oxygen atoms in total. The number of nitrogens with one attached hydrogen (secondary N) is 1. The molecule has 3 N–H and O–H groups in total. The van der Waals surface area contributed by atoms with E-state index < -0.39 is 0 Å². The number of hydrogen-bond acceptors (Lipinski definition) is 4. The first-order chi connectivity index (χ1) is 9.52. The first-order valence-electron chi connectivity index (χ1n) is 6.95. The van der Waals surface area contributed by atoms with Crippen LogP contribution in [0.5, 0.6) is 0 Å². The summed E-state index contributed by atoms with van der Waals surface area (Å²) in [5.41, 5.74) is 6.41. The van der Waals surface area contributed by atoms with Crippen LogP contribution in [0, 0.1) is 6.92 Å². The van der Waals surface area contributed by atoms with E-state index in [0.29, 0.717) is 25.7 Å². The van der Waals surface area contributed by atoms with Crippen LogP contribution in [-0.4, -0.2) is 59.5 Å². The molecule has 1 aromatic heterocycles. The fourth-order valence-electron chi connectivity index (χ4n) is 2.43. The van der Waals surface area contributed by atoms with Crippen molar-refractivity contribution < 1.29 is 4.79 Å². The molecule has 1 atom stereocenters. The van der Waals surface area contributed by atoms with Crippen molar-refractivity contribution in [1.29, 1.82) is 0 Å². The minimum absolute atomic E-state index is 0.189. The Labute approximate surface area is 118 Å². The summed E-state index contributed by atoms with van der Waals surface area (Å²) in [6, 6.07) is 1.79. The van der Waals surface area contributed by atoms with Gasteiger partial charge in [0.25, 0.3) is 5.91 Å². The van der Waals surface area contributed by atoms with Crippen molar-refractivity contribution >= 4 is 5.91 Å². The Bertz CT molecular complexity index is 532. The molecule has 20 heavy (non-hydrogen) atoms. The van der Waals surface area contributed by atoms with Gasteiger partial charge in [-0.2, -0.15) is 0 Å². The minimum atomic E-state index is -0.219. The van der Waals surface area contributed by atoms with Crippen molar-refractivity contribution in [2.45, 2.75) is 19.9 Å².